The van der Waals surface area contributed by atoms with Crippen molar-refractivity contribution in [3.8, 4) is 0 Å². The Labute approximate surface area is 113 Å². The van der Waals surface area contributed by atoms with E-state index in [-0.39, 0.29) is 11.7 Å². The van der Waals surface area contributed by atoms with E-state index in [9.17, 15) is 5.11 Å². The van der Waals surface area contributed by atoms with E-state index in [1.54, 1.807) is 0 Å². The lowest BCUT2D eigenvalue weighted by Gasteiger charge is -2.35. The van der Waals surface area contributed by atoms with Gasteiger partial charge in [-0.3, -0.25) is 0 Å². The van der Waals surface area contributed by atoms with Gasteiger partial charge in [-0.15, -0.1) is 0 Å². The average molecular weight is 257 g/mol. The second-order valence-electron chi connectivity index (χ2n) is 6.93. The second-order valence-corrected chi connectivity index (χ2v) is 6.93. The Bertz CT molecular complexity index is 229. The van der Waals surface area contributed by atoms with Crippen LogP contribution in [0.25, 0.3) is 0 Å². The number of hydrogen-bond acceptors (Lipinski definition) is 3. The first-order valence-electron chi connectivity index (χ1n) is 7.30. The van der Waals surface area contributed by atoms with Crippen molar-refractivity contribution in [2.75, 3.05) is 20.2 Å². The van der Waals surface area contributed by atoms with E-state index in [0.29, 0.717) is 12.6 Å². The molecule has 18 heavy (non-hydrogen) atoms. The van der Waals surface area contributed by atoms with E-state index in [2.05, 4.69) is 18.9 Å². The van der Waals surface area contributed by atoms with Gasteiger partial charge in [-0.2, -0.15) is 0 Å². The van der Waals surface area contributed by atoms with Crippen LogP contribution in [0.4, 0.5) is 0 Å². The third-order valence-electron chi connectivity index (χ3n) is 3.82. The zero-order chi connectivity index (χ0) is 13.8. The predicted molar refractivity (Wildman–Crippen MR) is 75.8 cm³/mol. The summed E-state index contributed by atoms with van der Waals surface area (Å²) >= 11 is 0. The van der Waals surface area contributed by atoms with E-state index in [4.69, 9.17) is 4.74 Å². The molecule has 0 aromatic carbocycles. The Kier molecular flexibility index (Phi) is 6.09. The van der Waals surface area contributed by atoms with E-state index in [0.717, 1.165) is 12.5 Å². The normalized spacial score (nSPS) is 27.5. The molecule has 1 unspecified atom stereocenters. The van der Waals surface area contributed by atoms with Crippen LogP contribution >= 0.6 is 0 Å². The van der Waals surface area contributed by atoms with E-state index in [1.807, 2.05) is 20.8 Å². The lowest BCUT2D eigenvalue weighted by Crippen LogP contribution is -2.41. The minimum atomic E-state index is -0.381. The number of aliphatic hydroxyl groups excluding tert-OH is 1. The molecule has 0 aromatic rings. The minimum Gasteiger partial charge on any atom is -0.389 e. The molecule has 3 heteroatoms. The van der Waals surface area contributed by atoms with Gasteiger partial charge in [0, 0.05) is 12.6 Å². The van der Waals surface area contributed by atoms with Gasteiger partial charge < -0.3 is 14.7 Å². The fraction of sp³-hybridized carbons (Fsp3) is 1.00. The van der Waals surface area contributed by atoms with Crippen LogP contribution in [-0.4, -0.2) is 48.0 Å². The average Bonchev–Trinajstić information content (AvgIpc) is 2.26. The van der Waals surface area contributed by atoms with Crippen LogP contribution in [0.5, 0.6) is 0 Å². The molecule has 0 radical (unpaired) electrons. The summed E-state index contributed by atoms with van der Waals surface area (Å²) in [4.78, 5) is 2.31. The molecule has 1 N–H and O–H groups in total. The van der Waals surface area contributed by atoms with Gasteiger partial charge >= 0.3 is 0 Å². The molecule has 1 rings (SSSR count). The van der Waals surface area contributed by atoms with Gasteiger partial charge in [0.25, 0.3) is 0 Å². The highest BCUT2D eigenvalue weighted by molar-refractivity contribution is 4.78. The zero-order valence-electron chi connectivity index (χ0n) is 12.8. The van der Waals surface area contributed by atoms with Crippen molar-refractivity contribution in [1.82, 2.24) is 4.90 Å². The van der Waals surface area contributed by atoms with Crippen molar-refractivity contribution in [2.45, 2.75) is 71.1 Å². The summed E-state index contributed by atoms with van der Waals surface area (Å²) in [7, 11) is 2.13. The van der Waals surface area contributed by atoms with Crippen LogP contribution in [0.2, 0.25) is 0 Å². The van der Waals surface area contributed by atoms with Crippen molar-refractivity contribution in [2.24, 2.45) is 5.92 Å². The summed E-state index contributed by atoms with van der Waals surface area (Å²) in [6, 6.07) is 0.644. The summed E-state index contributed by atoms with van der Waals surface area (Å²) in [6.07, 6.45) is 4.80. The topological polar surface area (TPSA) is 32.7 Å². The van der Waals surface area contributed by atoms with E-state index >= 15 is 0 Å². The summed E-state index contributed by atoms with van der Waals surface area (Å²) in [6.45, 7) is 9.54. The minimum absolute atomic E-state index is 0.167. The molecule has 108 valence electrons. The van der Waals surface area contributed by atoms with Gasteiger partial charge in [0.05, 0.1) is 18.3 Å². The molecule has 0 aromatic heterocycles. The summed E-state index contributed by atoms with van der Waals surface area (Å²) in [5.41, 5.74) is -0.167. The predicted octanol–water partition coefficient (Wildman–Crippen LogP) is 2.67. The first-order chi connectivity index (χ1) is 8.28. The third kappa shape index (κ3) is 6.17. The van der Waals surface area contributed by atoms with Crippen molar-refractivity contribution < 1.29 is 9.84 Å². The monoisotopic (exact) mass is 257 g/mol. The van der Waals surface area contributed by atoms with E-state index < -0.39 is 0 Å². The number of aliphatic hydroxyl groups is 1. The van der Waals surface area contributed by atoms with Crippen LogP contribution in [0, 0.1) is 5.92 Å². The van der Waals surface area contributed by atoms with Crippen molar-refractivity contribution in [3.05, 3.63) is 0 Å². The lowest BCUT2D eigenvalue weighted by atomic mass is 9.87. The molecule has 0 spiro atoms. The number of hydrogen-bond donors (Lipinski definition) is 1. The van der Waals surface area contributed by atoms with Crippen molar-refractivity contribution >= 4 is 0 Å². The van der Waals surface area contributed by atoms with Crippen LogP contribution in [0.1, 0.15) is 53.4 Å². The van der Waals surface area contributed by atoms with Gasteiger partial charge in [0.15, 0.2) is 0 Å². The lowest BCUT2D eigenvalue weighted by molar-refractivity contribution is -0.0580. The first-order valence-corrected chi connectivity index (χ1v) is 7.30. The molecule has 1 aliphatic rings. The molecule has 1 atom stereocenters. The van der Waals surface area contributed by atoms with Gasteiger partial charge in [-0.05, 0) is 59.4 Å². The largest absolute Gasteiger partial charge is 0.389 e. The zero-order valence-corrected chi connectivity index (χ0v) is 12.8. The molecule has 0 aliphatic heterocycles. The Morgan fingerprint density at radius 2 is 1.78 bits per heavy atom. The number of likely N-dealkylation sites (N-methyl/N-ethyl adjacent to an activating group) is 1. The van der Waals surface area contributed by atoms with Crippen LogP contribution in [0.3, 0.4) is 0 Å². The quantitative estimate of drug-likeness (QED) is 0.822. The van der Waals surface area contributed by atoms with Gasteiger partial charge in [-0.1, -0.05) is 6.92 Å². The SMILES string of the molecule is CC1CCC(N(C)CC(O)COC(C)(C)C)CC1. The standard InChI is InChI=1S/C15H31NO2/c1-12-6-8-13(9-7-12)16(5)10-14(17)11-18-15(2,3)4/h12-14,17H,6-11H2,1-5H3. The Morgan fingerprint density at radius 1 is 1.22 bits per heavy atom. The van der Waals surface area contributed by atoms with Crippen LogP contribution in [0.15, 0.2) is 0 Å². The Balaban J connectivity index is 2.24. The molecule has 0 amide bonds. The van der Waals surface area contributed by atoms with Gasteiger partial charge in [0.1, 0.15) is 0 Å². The van der Waals surface area contributed by atoms with Gasteiger partial charge in [-0.25, -0.2) is 0 Å². The maximum absolute atomic E-state index is 10.00. The highest BCUT2D eigenvalue weighted by Crippen LogP contribution is 2.26. The smallest absolute Gasteiger partial charge is 0.0900 e. The van der Waals surface area contributed by atoms with Crippen LogP contribution < -0.4 is 0 Å². The molecular formula is C15H31NO2. The first kappa shape index (κ1) is 15.9. The molecule has 1 aliphatic carbocycles. The molecule has 0 bridgehead atoms. The van der Waals surface area contributed by atoms with E-state index in [1.165, 1.54) is 25.7 Å². The highest BCUT2D eigenvalue weighted by Gasteiger charge is 2.23. The molecule has 1 fully saturated rings. The van der Waals surface area contributed by atoms with Crippen molar-refractivity contribution in [1.29, 1.82) is 0 Å². The van der Waals surface area contributed by atoms with Gasteiger partial charge in [0.2, 0.25) is 0 Å². The molecule has 0 heterocycles. The summed E-state index contributed by atoms with van der Waals surface area (Å²) in [5.74, 6) is 0.879. The summed E-state index contributed by atoms with van der Waals surface area (Å²) < 4.78 is 5.62. The van der Waals surface area contributed by atoms with Crippen molar-refractivity contribution in [3.63, 3.8) is 0 Å². The third-order valence-corrected chi connectivity index (χ3v) is 3.82. The maximum atomic E-state index is 10.00. The molecule has 0 saturated heterocycles. The Hall–Kier alpha value is -0.120. The fourth-order valence-electron chi connectivity index (χ4n) is 2.56. The number of rotatable bonds is 5. The highest BCUT2D eigenvalue weighted by atomic mass is 16.5. The molecule has 3 nitrogen and oxygen atoms in total. The number of nitrogens with zero attached hydrogens (tertiary/aromatic N) is 1. The fourth-order valence-corrected chi connectivity index (χ4v) is 2.56. The second kappa shape index (κ2) is 6.88. The summed E-state index contributed by atoms with van der Waals surface area (Å²) in [5, 5.41) is 10.00. The Morgan fingerprint density at radius 3 is 2.28 bits per heavy atom. The maximum Gasteiger partial charge on any atom is 0.0900 e. The molecule has 1 saturated carbocycles. The number of ether oxygens (including phenoxy) is 1. The van der Waals surface area contributed by atoms with Crippen LogP contribution in [-0.2, 0) is 4.74 Å². The molecular weight excluding hydrogens is 226 g/mol.